The Morgan fingerprint density at radius 1 is 1.44 bits per heavy atom. The fourth-order valence-corrected chi connectivity index (χ4v) is 1.89. The van der Waals surface area contributed by atoms with Gasteiger partial charge in [0.05, 0.1) is 6.10 Å². The third kappa shape index (κ3) is 7.39. The van der Waals surface area contributed by atoms with Gasteiger partial charge in [0.25, 0.3) is 0 Å². The third-order valence-electron chi connectivity index (χ3n) is 2.48. The minimum Gasteiger partial charge on any atom is -0.393 e. The number of amides is 3. The van der Waals surface area contributed by atoms with E-state index in [0.29, 0.717) is 19.4 Å². The molecule has 0 saturated carbocycles. The highest BCUT2D eigenvalue weighted by atomic mass is 32.2. The number of nitrogens with one attached hydrogen (secondary N) is 1. The van der Waals surface area contributed by atoms with Gasteiger partial charge in [-0.05, 0) is 31.8 Å². The first-order chi connectivity index (χ1) is 8.38. The molecule has 4 N–H and O–H groups in total. The van der Waals surface area contributed by atoms with Crippen LogP contribution in [0, 0.1) is 0 Å². The van der Waals surface area contributed by atoms with Gasteiger partial charge >= 0.3 is 6.03 Å². The van der Waals surface area contributed by atoms with E-state index < -0.39 is 18.2 Å². The lowest BCUT2D eigenvalue weighted by Crippen LogP contribution is -2.49. The second-order valence-corrected chi connectivity index (χ2v) is 5.23. The standard InChI is InChI=1S/C11H23N3O3S/c1-8(15)4-6-14(2)10(16)9(5-7-18-3)13-11(12)17/h8-9,15H,4-7H2,1-3H3,(H3,12,13,17). The van der Waals surface area contributed by atoms with Crippen molar-refractivity contribution in [2.75, 3.05) is 25.6 Å². The second-order valence-electron chi connectivity index (χ2n) is 4.24. The summed E-state index contributed by atoms with van der Waals surface area (Å²) >= 11 is 1.60. The molecule has 0 aliphatic heterocycles. The van der Waals surface area contributed by atoms with E-state index in [4.69, 9.17) is 5.73 Å². The van der Waals surface area contributed by atoms with Crippen molar-refractivity contribution in [3.05, 3.63) is 0 Å². The third-order valence-corrected chi connectivity index (χ3v) is 3.13. The van der Waals surface area contributed by atoms with Crippen LogP contribution >= 0.6 is 11.8 Å². The quantitative estimate of drug-likeness (QED) is 0.582. The number of likely N-dealkylation sites (N-methyl/N-ethyl adjacent to an activating group) is 1. The summed E-state index contributed by atoms with van der Waals surface area (Å²) in [6.45, 7) is 2.12. The molecule has 6 nitrogen and oxygen atoms in total. The van der Waals surface area contributed by atoms with E-state index in [1.54, 1.807) is 25.7 Å². The summed E-state index contributed by atoms with van der Waals surface area (Å²) in [5.74, 6) is 0.587. The Kier molecular flexibility index (Phi) is 8.57. The molecule has 0 aromatic heterocycles. The number of nitrogens with two attached hydrogens (primary N) is 1. The van der Waals surface area contributed by atoms with Crippen LogP contribution in [0.25, 0.3) is 0 Å². The smallest absolute Gasteiger partial charge is 0.312 e. The predicted molar refractivity (Wildman–Crippen MR) is 73.4 cm³/mol. The zero-order valence-electron chi connectivity index (χ0n) is 11.2. The van der Waals surface area contributed by atoms with Crippen molar-refractivity contribution in [3.63, 3.8) is 0 Å². The van der Waals surface area contributed by atoms with Crippen molar-refractivity contribution in [1.82, 2.24) is 10.2 Å². The van der Waals surface area contributed by atoms with Crippen LogP contribution in [0.5, 0.6) is 0 Å². The molecule has 0 saturated heterocycles. The molecule has 0 aliphatic rings. The minimum atomic E-state index is -0.696. The number of hydrogen-bond acceptors (Lipinski definition) is 4. The number of primary amides is 1. The summed E-state index contributed by atoms with van der Waals surface area (Å²) in [7, 11) is 1.65. The van der Waals surface area contributed by atoms with Crippen molar-refractivity contribution in [3.8, 4) is 0 Å². The maximum Gasteiger partial charge on any atom is 0.312 e. The highest BCUT2D eigenvalue weighted by Crippen LogP contribution is 2.05. The SMILES string of the molecule is CSCCC(NC(N)=O)C(=O)N(C)CCC(C)O. The fraction of sp³-hybridized carbons (Fsp3) is 0.818. The zero-order chi connectivity index (χ0) is 14.1. The number of aliphatic hydroxyl groups excluding tert-OH is 1. The molecule has 2 unspecified atom stereocenters. The summed E-state index contributed by atoms with van der Waals surface area (Å²) in [5, 5.41) is 11.6. The van der Waals surface area contributed by atoms with Crippen molar-refractivity contribution in [2.24, 2.45) is 5.73 Å². The van der Waals surface area contributed by atoms with Crippen molar-refractivity contribution in [2.45, 2.75) is 31.9 Å². The first-order valence-corrected chi connectivity index (χ1v) is 7.25. The monoisotopic (exact) mass is 277 g/mol. The summed E-state index contributed by atoms with van der Waals surface area (Å²) < 4.78 is 0. The van der Waals surface area contributed by atoms with Crippen molar-refractivity contribution in [1.29, 1.82) is 0 Å². The van der Waals surface area contributed by atoms with E-state index in [1.165, 1.54) is 4.90 Å². The Balaban J connectivity index is 4.37. The van der Waals surface area contributed by atoms with E-state index in [0.717, 1.165) is 5.75 Å². The second kappa shape index (κ2) is 9.04. The van der Waals surface area contributed by atoms with Crippen LogP contribution in [0.1, 0.15) is 19.8 Å². The molecule has 0 spiro atoms. The molecule has 0 rings (SSSR count). The first-order valence-electron chi connectivity index (χ1n) is 5.86. The highest BCUT2D eigenvalue weighted by Gasteiger charge is 2.22. The van der Waals surface area contributed by atoms with E-state index >= 15 is 0 Å². The number of carbonyl (C=O) groups excluding carboxylic acids is 2. The molecular formula is C11H23N3O3S. The van der Waals surface area contributed by atoms with E-state index in [2.05, 4.69) is 5.32 Å². The molecule has 2 atom stereocenters. The van der Waals surface area contributed by atoms with Gasteiger partial charge in [-0.3, -0.25) is 4.79 Å². The molecule has 0 aromatic carbocycles. The number of carbonyl (C=O) groups is 2. The summed E-state index contributed by atoms with van der Waals surface area (Å²) in [6, 6.07) is -1.28. The van der Waals surface area contributed by atoms with Gasteiger partial charge in [-0.2, -0.15) is 11.8 Å². The van der Waals surface area contributed by atoms with Crippen LogP contribution < -0.4 is 11.1 Å². The molecule has 0 aromatic rings. The molecule has 3 amide bonds. The van der Waals surface area contributed by atoms with Crippen LogP contribution in [-0.2, 0) is 4.79 Å². The lowest BCUT2D eigenvalue weighted by molar-refractivity contribution is -0.132. The average molecular weight is 277 g/mol. The van der Waals surface area contributed by atoms with E-state index in [1.807, 2.05) is 6.26 Å². The van der Waals surface area contributed by atoms with Crippen LogP contribution in [0.15, 0.2) is 0 Å². The fourth-order valence-electron chi connectivity index (χ4n) is 1.42. The minimum absolute atomic E-state index is 0.177. The van der Waals surface area contributed by atoms with Gasteiger partial charge in [0.15, 0.2) is 0 Å². The topological polar surface area (TPSA) is 95.7 Å². The van der Waals surface area contributed by atoms with Gasteiger partial charge in [-0.1, -0.05) is 0 Å². The number of hydrogen-bond donors (Lipinski definition) is 3. The Morgan fingerprint density at radius 2 is 2.06 bits per heavy atom. The van der Waals surface area contributed by atoms with Crippen LogP contribution in [0.3, 0.4) is 0 Å². The molecule has 0 fully saturated rings. The number of aliphatic hydroxyl groups is 1. The normalized spacial score (nSPS) is 13.8. The summed E-state index contributed by atoms with van der Waals surface area (Å²) in [6.07, 6.45) is 2.54. The molecule has 0 bridgehead atoms. The van der Waals surface area contributed by atoms with E-state index in [9.17, 15) is 14.7 Å². The molecule has 106 valence electrons. The molecule has 7 heteroatoms. The van der Waals surface area contributed by atoms with Crippen molar-refractivity contribution >= 4 is 23.7 Å². The Bertz CT molecular complexity index is 274. The van der Waals surface area contributed by atoms with Gasteiger partial charge in [-0.15, -0.1) is 0 Å². The largest absolute Gasteiger partial charge is 0.393 e. The highest BCUT2D eigenvalue weighted by molar-refractivity contribution is 7.98. The zero-order valence-corrected chi connectivity index (χ0v) is 12.0. The Hall–Kier alpha value is -0.950. The molecule has 0 aliphatic carbocycles. The summed E-state index contributed by atoms with van der Waals surface area (Å²) in [5.41, 5.74) is 5.06. The predicted octanol–water partition coefficient (Wildman–Crippen LogP) is 0.00570. The summed E-state index contributed by atoms with van der Waals surface area (Å²) in [4.78, 5) is 24.4. The Labute approximate surface area is 112 Å². The molecular weight excluding hydrogens is 254 g/mol. The van der Waals surface area contributed by atoms with Gasteiger partial charge in [0, 0.05) is 13.6 Å². The maximum atomic E-state index is 12.1. The molecule has 18 heavy (non-hydrogen) atoms. The van der Waals surface area contributed by atoms with Crippen LogP contribution in [0.4, 0.5) is 4.79 Å². The van der Waals surface area contributed by atoms with Crippen LogP contribution in [-0.4, -0.2) is 59.7 Å². The van der Waals surface area contributed by atoms with Crippen molar-refractivity contribution < 1.29 is 14.7 Å². The maximum absolute atomic E-state index is 12.1. The lowest BCUT2D eigenvalue weighted by atomic mass is 10.2. The number of rotatable bonds is 8. The lowest BCUT2D eigenvalue weighted by Gasteiger charge is -2.24. The first kappa shape index (κ1) is 17.1. The number of urea groups is 1. The van der Waals surface area contributed by atoms with Crippen LogP contribution in [0.2, 0.25) is 0 Å². The molecule has 0 heterocycles. The van der Waals surface area contributed by atoms with Gasteiger partial charge in [0.1, 0.15) is 6.04 Å². The number of thioether (sulfide) groups is 1. The van der Waals surface area contributed by atoms with Gasteiger partial charge in [0.2, 0.25) is 5.91 Å². The average Bonchev–Trinajstić information content (AvgIpc) is 2.29. The Morgan fingerprint density at radius 3 is 2.50 bits per heavy atom. The number of nitrogens with zero attached hydrogens (tertiary/aromatic N) is 1. The van der Waals surface area contributed by atoms with Gasteiger partial charge in [-0.25, -0.2) is 4.79 Å². The molecule has 0 radical (unpaired) electrons. The van der Waals surface area contributed by atoms with Gasteiger partial charge < -0.3 is 21.1 Å². The van der Waals surface area contributed by atoms with E-state index in [-0.39, 0.29) is 5.91 Å².